The van der Waals surface area contributed by atoms with Crippen molar-refractivity contribution in [1.82, 2.24) is 0 Å². The quantitative estimate of drug-likeness (QED) is 0.572. The molecule has 6 heavy (non-hydrogen) atoms. The Labute approximate surface area is 91.6 Å². The molecule has 0 bridgehead atoms. The van der Waals surface area contributed by atoms with Crippen molar-refractivity contribution >= 4 is 0 Å². The summed E-state index contributed by atoms with van der Waals surface area (Å²) in [5.74, 6) is 0. The minimum atomic E-state index is 0. The second kappa shape index (κ2) is 58.0. The van der Waals surface area contributed by atoms with Gasteiger partial charge in [0.2, 0.25) is 0 Å². The van der Waals surface area contributed by atoms with Crippen LogP contribution in [0.2, 0.25) is 0 Å². The van der Waals surface area contributed by atoms with Crippen molar-refractivity contribution in [3.63, 3.8) is 0 Å². The van der Waals surface area contributed by atoms with Gasteiger partial charge in [-0.2, -0.15) is 7.05 Å². The molecule has 1 nitrogen and oxygen atoms in total. The maximum Gasteiger partial charge on any atom is 0 e. The molecule has 0 saturated heterocycles. The Morgan fingerprint density at radius 2 is 0.833 bits per heavy atom. The molecule has 3 heteroatoms. The standard InChI is InChI=1S/CH4N.2CH3.2Y/c1-2;;;;/h2H,1H3;2*1H3;;/q3*-1;;. The van der Waals surface area contributed by atoms with Crippen molar-refractivity contribution in [3.8, 4) is 0 Å². The van der Waals surface area contributed by atoms with Crippen LogP contribution >= 0.6 is 0 Å². The van der Waals surface area contributed by atoms with Gasteiger partial charge in [0.25, 0.3) is 0 Å². The smallest absolute Gasteiger partial charge is 0 e. The van der Waals surface area contributed by atoms with E-state index in [0.29, 0.717) is 0 Å². The summed E-state index contributed by atoms with van der Waals surface area (Å²) in [4.78, 5) is 0. The van der Waals surface area contributed by atoms with Crippen LogP contribution in [0.5, 0.6) is 0 Å². The molecule has 2 radical (unpaired) electrons. The summed E-state index contributed by atoms with van der Waals surface area (Å²) in [6.07, 6.45) is 0. The number of nitrogens with one attached hydrogen (secondary N) is 1. The fraction of sp³-hybridized carbons (Fsp3) is 0.333. The Morgan fingerprint density at radius 1 is 0.833 bits per heavy atom. The zero-order valence-electron chi connectivity index (χ0n) is 4.65. The molecule has 0 fully saturated rings. The van der Waals surface area contributed by atoms with E-state index in [1.54, 1.807) is 0 Å². The Kier molecular flexibility index (Phi) is 404. The average Bonchev–Trinajstić information content (AvgIpc) is 1.00. The molecule has 0 amide bonds. The molecule has 0 saturated carbocycles. The predicted molar refractivity (Wildman–Crippen MR) is 23.1 cm³/mol. The van der Waals surface area contributed by atoms with Crippen molar-refractivity contribution in [1.29, 1.82) is 0 Å². The van der Waals surface area contributed by atoms with Crippen LogP contribution in [-0.4, -0.2) is 7.05 Å². The Balaban J connectivity index is -0.000000000833. The average molecular weight is 238 g/mol. The second-order valence-corrected chi connectivity index (χ2v) is 0. The molecule has 0 aromatic carbocycles. The zero-order valence-corrected chi connectivity index (χ0v) is 10.3. The molecule has 0 atom stereocenters. The van der Waals surface area contributed by atoms with Crippen LogP contribution in [0.3, 0.4) is 0 Å². The number of rotatable bonds is 0. The van der Waals surface area contributed by atoms with E-state index in [9.17, 15) is 0 Å². The first-order valence-corrected chi connectivity index (χ1v) is 0.500. The molecule has 0 aliphatic rings. The minimum absolute atomic E-state index is 0. The molecule has 0 aliphatic heterocycles. The Hall–Kier alpha value is 2.17. The fourth-order valence-corrected chi connectivity index (χ4v) is 0. The van der Waals surface area contributed by atoms with Crippen LogP contribution in [0.25, 0.3) is 5.73 Å². The first kappa shape index (κ1) is 41.8. The van der Waals surface area contributed by atoms with Gasteiger partial charge in [-0.05, 0) is 0 Å². The summed E-state index contributed by atoms with van der Waals surface area (Å²) in [6, 6.07) is 0. The summed E-state index contributed by atoms with van der Waals surface area (Å²) >= 11 is 0. The van der Waals surface area contributed by atoms with Crippen LogP contribution in [0, 0.1) is 14.9 Å². The summed E-state index contributed by atoms with van der Waals surface area (Å²) in [5, 5.41) is 0. The summed E-state index contributed by atoms with van der Waals surface area (Å²) in [6.45, 7) is 0. The van der Waals surface area contributed by atoms with E-state index in [1.807, 2.05) is 0 Å². The van der Waals surface area contributed by atoms with Gasteiger partial charge in [-0.25, -0.2) is 0 Å². The molecule has 0 aromatic rings. The molecule has 1 N–H and O–H groups in total. The molecule has 0 unspecified atom stereocenters. The van der Waals surface area contributed by atoms with E-state index in [2.05, 4.69) is 0 Å². The van der Waals surface area contributed by atoms with Crippen LogP contribution < -0.4 is 0 Å². The van der Waals surface area contributed by atoms with E-state index in [-0.39, 0.29) is 80.3 Å². The van der Waals surface area contributed by atoms with E-state index < -0.39 is 0 Å². The van der Waals surface area contributed by atoms with Gasteiger partial charge in [0.15, 0.2) is 0 Å². The van der Waals surface area contributed by atoms with Gasteiger partial charge in [-0.3, -0.25) is 0 Å². The maximum atomic E-state index is 5.75. The third kappa shape index (κ3) is 35.1. The van der Waals surface area contributed by atoms with Crippen LogP contribution in [0.15, 0.2) is 0 Å². The van der Waals surface area contributed by atoms with Gasteiger partial charge in [0.05, 0.1) is 0 Å². The van der Waals surface area contributed by atoms with Gasteiger partial charge in [-0.15, -0.1) is 0 Å². The number of hydrogen-bond donors (Lipinski definition) is 0. The van der Waals surface area contributed by atoms with Crippen molar-refractivity contribution < 1.29 is 65.4 Å². The first-order chi connectivity index (χ1) is 1.00. The summed E-state index contributed by atoms with van der Waals surface area (Å²) < 4.78 is 0. The third-order valence-electron chi connectivity index (χ3n) is 0. The van der Waals surface area contributed by atoms with Crippen molar-refractivity contribution in [3.05, 3.63) is 20.6 Å². The van der Waals surface area contributed by atoms with Crippen LogP contribution in [-0.2, 0) is 65.4 Å². The second-order valence-electron chi connectivity index (χ2n) is 0. The minimum Gasteiger partial charge on any atom is -0.680 e. The largest absolute Gasteiger partial charge is 0.680 e. The maximum absolute atomic E-state index is 5.75. The molecule has 36 valence electrons. The van der Waals surface area contributed by atoms with E-state index in [1.165, 1.54) is 7.05 Å². The molecular weight excluding hydrogens is 228 g/mol. The van der Waals surface area contributed by atoms with Gasteiger partial charge < -0.3 is 20.6 Å². The van der Waals surface area contributed by atoms with Gasteiger partial charge in [0, 0.05) is 65.4 Å². The van der Waals surface area contributed by atoms with Crippen molar-refractivity contribution in [2.75, 3.05) is 7.05 Å². The molecule has 0 spiro atoms. The topological polar surface area (TPSA) is 23.8 Å². The van der Waals surface area contributed by atoms with Crippen LogP contribution in [0.4, 0.5) is 0 Å². The fourth-order valence-electron chi connectivity index (χ4n) is 0. The molecule has 0 heterocycles. The van der Waals surface area contributed by atoms with Crippen molar-refractivity contribution in [2.45, 2.75) is 0 Å². The first-order valence-electron chi connectivity index (χ1n) is 0.500. The van der Waals surface area contributed by atoms with Gasteiger partial charge in [-0.1, -0.05) is 0 Å². The monoisotopic (exact) mass is 238 g/mol. The van der Waals surface area contributed by atoms with Gasteiger partial charge in [0.1, 0.15) is 0 Å². The number of hydrogen-bond acceptors (Lipinski definition) is 0. The Bertz CT molecular complexity index is 8.75. The normalized spacial score (nSPS) is 1.00. The van der Waals surface area contributed by atoms with E-state index in [4.69, 9.17) is 5.73 Å². The van der Waals surface area contributed by atoms with E-state index >= 15 is 0 Å². The molecule has 0 rings (SSSR count). The summed E-state index contributed by atoms with van der Waals surface area (Å²) in [7, 11) is 1.25. The third-order valence-corrected chi connectivity index (χ3v) is 0. The summed E-state index contributed by atoms with van der Waals surface area (Å²) in [5.41, 5.74) is 5.75. The zero-order chi connectivity index (χ0) is 2.00. The van der Waals surface area contributed by atoms with E-state index in [0.717, 1.165) is 0 Å². The predicted octanol–water partition coefficient (Wildman–Crippen LogP) is 1.56. The van der Waals surface area contributed by atoms with Crippen LogP contribution in [0.1, 0.15) is 0 Å². The molecule has 0 aliphatic carbocycles. The molecular formula is C3H10NY2-3. The molecule has 0 aromatic heterocycles. The van der Waals surface area contributed by atoms with Crippen molar-refractivity contribution in [2.24, 2.45) is 0 Å². The SMILES string of the molecule is C[NH-].[CH3-].[CH3-].[Y].[Y]. The Morgan fingerprint density at radius 3 is 0.833 bits per heavy atom. The van der Waals surface area contributed by atoms with Gasteiger partial charge >= 0.3 is 0 Å².